The molecule has 0 aliphatic heterocycles. The van der Waals surface area contributed by atoms with Crippen molar-refractivity contribution in [1.29, 1.82) is 0 Å². The lowest BCUT2D eigenvalue weighted by Gasteiger charge is -2.08. The molecule has 1 aromatic carbocycles. The smallest absolute Gasteiger partial charge is 0.119 e. The van der Waals surface area contributed by atoms with E-state index in [4.69, 9.17) is 4.74 Å². The number of hydrogen-bond donors (Lipinski definition) is 1. The molecule has 2 rings (SSSR count). The average Bonchev–Trinajstić information content (AvgIpc) is 2.42. The highest BCUT2D eigenvalue weighted by Crippen LogP contribution is 2.22. The van der Waals surface area contributed by atoms with Crippen molar-refractivity contribution in [2.24, 2.45) is 0 Å². The number of benzene rings is 1. The molecule has 0 atom stereocenters. The number of ether oxygens (including phenoxy) is 1. The normalized spacial score (nSPS) is 10.3. The van der Waals surface area contributed by atoms with Gasteiger partial charge >= 0.3 is 0 Å². The fourth-order valence-electron chi connectivity index (χ4n) is 1.56. The molecule has 4 nitrogen and oxygen atoms in total. The predicted octanol–water partition coefficient (Wildman–Crippen LogP) is 2.54. The Hall–Kier alpha value is -1.46. The maximum absolute atomic E-state index is 5.21. The first-order valence-electron chi connectivity index (χ1n) is 5.57. The zero-order valence-electron chi connectivity index (χ0n) is 10.1. The summed E-state index contributed by atoms with van der Waals surface area (Å²) in [7, 11) is 1.67. The van der Waals surface area contributed by atoms with Crippen LogP contribution in [0.1, 0.15) is 11.3 Å². The molecule has 2 aromatic rings. The van der Waals surface area contributed by atoms with E-state index in [0.29, 0.717) is 6.54 Å². The summed E-state index contributed by atoms with van der Waals surface area (Å²) >= 11 is 3.52. The third-order valence-electron chi connectivity index (χ3n) is 2.52. The summed E-state index contributed by atoms with van der Waals surface area (Å²) in [5.41, 5.74) is 2.13. The Morgan fingerprint density at radius 2 is 2.17 bits per heavy atom. The molecule has 18 heavy (non-hydrogen) atoms. The number of nitrogens with zero attached hydrogens (tertiary/aromatic N) is 2. The number of nitrogens with one attached hydrogen (secondary N) is 1. The van der Waals surface area contributed by atoms with E-state index in [1.165, 1.54) is 0 Å². The molecule has 5 heteroatoms. The van der Waals surface area contributed by atoms with Crippen molar-refractivity contribution in [2.45, 2.75) is 13.1 Å². The van der Waals surface area contributed by atoms with Crippen molar-refractivity contribution in [3.63, 3.8) is 0 Å². The first-order chi connectivity index (χ1) is 8.79. The fraction of sp³-hybridized carbons (Fsp3) is 0.231. The van der Waals surface area contributed by atoms with Crippen LogP contribution in [0, 0.1) is 0 Å². The molecular formula is C13H14BrN3O. The second-order valence-electron chi connectivity index (χ2n) is 3.76. The van der Waals surface area contributed by atoms with Crippen LogP contribution in [0.4, 0.5) is 0 Å². The molecule has 1 N–H and O–H groups in total. The van der Waals surface area contributed by atoms with Crippen molar-refractivity contribution in [2.75, 3.05) is 7.11 Å². The number of methoxy groups -OCH3 is 1. The predicted molar refractivity (Wildman–Crippen MR) is 73.3 cm³/mol. The van der Waals surface area contributed by atoms with Gasteiger partial charge in [-0.25, -0.2) is 9.97 Å². The van der Waals surface area contributed by atoms with E-state index in [9.17, 15) is 0 Å². The maximum atomic E-state index is 5.21. The van der Waals surface area contributed by atoms with E-state index >= 15 is 0 Å². The van der Waals surface area contributed by atoms with E-state index in [1.54, 1.807) is 19.6 Å². The van der Waals surface area contributed by atoms with Crippen LogP contribution in [0.15, 0.2) is 41.3 Å². The monoisotopic (exact) mass is 307 g/mol. The first-order valence-corrected chi connectivity index (χ1v) is 6.37. The molecule has 1 heterocycles. The van der Waals surface area contributed by atoms with Crippen molar-refractivity contribution in [1.82, 2.24) is 15.3 Å². The summed E-state index contributed by atoms with van der Waals surface area (Å²) in [5, 5.41) is 3.33. The number of hydrogen-bond acceptors (Lipinski definition) is 4. The van der Waals surface area contributed by atoms with E-state index in [-0.39, 0.29) is 0 Å². The van der Waals surface area contributed by atoms with Gasteiger partial charge in [0.15, 0.2) is 0 Å². The van der Waals surface area contributed by atoms with Gasteiger partial charge in [0, 0.05) is 23.8 Å². The summed E-state index contributed by atoms with van der Waals surface area (Å²) in [6.45, 7) is 1.47. The minimum absolute atomic E-state index is 0.714. The zero-order chi connectivity index (χ0) is 12.8. The van der Waals surface area contributed by atoms with E-state index in [0.717, 1.165) is 28.0 Å². The third kappa shape index (κ3) is 3.51. The molecule has 0 saturated carbocycles. The molecule has 0 bridgehead atoms. The SMILES string of the molecule is COc1ccc(Br)c(CNCc2ccncn2)c1. The van der Waals surface area contributed by atoms with E-state index in [1.807, 2.05) is 24.3 Å². The summed E-state index contributed by atoms with van der Waals surface area (Å²) in [6, 6.07) is 7.82. The van der Waals surface area contributed by atoms with Crippen LogP contribution in [0.3, 0.4) is 0 Å². The first kappa shape index (κ1) is 13.0. The third-order valence-corrected chi connectivity index (χ3v) is 3.29. The molecule has 0 saturated heterocycles. The van der Waals surface area contributed by atoms with Gasteiger partial charge in [0.2, 0.25) is 0 Å². The lowest BCUT2D eigenvalue weighted by molar-refractivity contribution is 0.414. The molecule has 0 aliphatic rings. The van der Waals surface area contributed by atoms with E-state index in [2.05, 4.69) is 31.2 Å². The number of rotatable bonds is 5. The van der Waals surface area contributed by atoms with Crippen LogP contribution >= 0.6 is 15.9 Å². The Bertz CT molecular complexity index is 505. The Morgan fingerprint density at radius 3 is 2.89 bits per heavy atom. The van der Waals surface area contributed by atoms with Crippen LogP contribution in [0.25, 0.3) is 0 Å². The van der Waals surface area contributed by atoms with Gasteiger partial charge in [-0.3, -0.25) is 0 Å². The van der Waals surface area contributed by atoms with Gasteiger partial charge in [0.25, 0.3) is 0 Å². The van der Waals surface area contributed by atoms with Crippen molar-refractivity contribution in [3.8, 4) is 5.75 Å². The second kappa shape index (κ2) is 6.47. The van der Waals surface area contributed by atoms with Gasteiger partial charge in [-0.15, -0.1) is 0 Å². The van der Waals surface area contributed by atoms with Crippen LogP contribution in [-0.4, -0.2) is 17.1 Å². The Morgan fingerprint density at radius 1 is 1.28 bits per heavy atom. The topological polar surface area (TPSA) is 47.0 Å². The Labute approximate surface area is 115 Å². The largest absolute Gasteiger partial charge is 0.497 e. The minimum atomic E-state index is 0.714. The highest BCUT2D eigenvalue weighted by molar-refractivity contribution is 9.10. The summed E-state index contributed by atoms with van der Waals surface area (Å²) < 4.78 is 6.27. The van der Waals surface area contributed by atoms with E-state index < -0.39 is 0 Å². The zero-order valence-corrected chi connectivity index (χ0v) is 11.6. The van der Waals surface area contributed by atoms with Crippen molar-refractivity contribution < 1.29 is 4.74 Å². The number of aromatic nitrogens is 2. The fourth-order valence-corrected chi connectivity index (χ4v) is 1.95. The average molecular weight is 308 g/mol. The van der Waals surface area contributed by atoms with Gasteiger partial charge in [-0.1, -0.05) is 15.9 Å². The molecule has 0 radical (unpaired) electrons. The number of halogens is 1. The minimum Gasteiger partial charge on any atom is -0.497 e. The summed E-state index contributed by atoms with van der Waals surface area (Å²) in [6.07, 6.45) is 3.30. The lowest BCUT2D eigenvalue weighted by atomic mass is 10.2. The molecule has 0 amide bonds. The molecule has 0 unspecified atom stereocenters. The molecule has 0 spiro atoms. The van der Waals surface area contributed by atoms with Crippen molar-refractivity contribution >= 4 is 15.9 Å². The van der Waals surface area contributed by atoms with Gasteiger partial charge in [-0.05, 0) is 29.8 Å². The summed E-state index contributed by atoms with van der Waals surface area (Å²) in [5.74, 6) is 0.858. The van der Waals surface area contributed by atoms with Crippen LogP contribution in [-0.2, 0) is 13.1 Å². The highest BCUT2D eigenvalue weighted by atomic mass is 79.9. The summed E-state index contributed by atoms with van der Waals surface area (Å²) in [4.78, 5) is 8.04. The van der Waals surface area contributed by atoms with Gasteiger partial charge < -0.3 is 10.1 Å². The van der Waals surface area contributed by atoms with Crippen LogP contribution in [0.2, 0.25) is 0 Å². The Balaban J connectivity index is 1.94. The molecule has 1 aromatic heterocycles. The van der Waals surface area contributed by atoms with Crippen molar-refractivity contribution in [3.05, 3.63) is 52.5 Å². The molecule has 0 fully saturated rings. The van der Waals surface area contributed by atoms with Gasteiger partial charge in [-0.2, -0.15) is 0 Å². The molecule has 0 aliphatic carbocycles. The van der Waals surface area contributed by atoms with Crippen LogP contribution < -0.4 is 10.1 Å². The highest BCUT2D eigenvalue weighted by Gasteiger charge is 2.02. The van der Waals surface area contributed by atoms with Gasteiger partial charge in [0.05, 0.1) is 12.8 Å². The standard InChI is InChI=1S/C13H14BrN3O/c1-18-12-2-3-13(14)10(6-12)7-16-8-11-4-5-15-9-17-11/h2-6,9,16H,7-8H2,1H3. The molecule has 94 valence electrons. The maximum Gasteiger partial charge on any atom is 0.119 e. The van der Waals surface area contributed by atoms with Crippen LogP contribution in [0.5, 0.6) is 5.75 Å². The second-order valence-corrected chi connectivity index (χ2v) is 4.62. The quantitative estimate of drug-likeness (QED) is 0.922. The Kier molecular flexibility index (Phi) is 4.66. The lowest BCUT2D eigenvalue weighted by Crippen LogP contribution is -2.14. The van der Waals surface area contributed by atoms with Gasteiger partial charge in [0.1, 0.15) is 12.1 Å². The molecular weight excluding hydrogens is 294 g/mol.